The van der Waals surface area contributed by atoms with Gasteiger partial charge in [-0.05, 0) is 13.8 Å². The molecule has 0 aliphatic rings. The van der Waals surface area contributed by atoms with Crippen LogP contribution in [0.1, 0.15) is 17.0 Å². The van der Waals surface area contributed by atoms with Crippen molar-refractivity contribution in [3.8, 4) is 0 Å². The molecule has 2 aromatic rings. The number of nitrogens with zero attached hydrogens (tertiary/aromatic N) is 2. The second kappa shape index (κ2) is 4.67. The molecule has 0 atom stereocenters. The summed E-state index contributed by atoms with van der Waals surface area (Å²) in [7, 11) is 0. The van der Waals surface area contributed by atoms with Crippen molar-refractivity contribution in [3.63, 3.8) is 0 Å². The zero-order valence-electron chi connectivity index (χ0n) is 9.72. The minimum atomic E-state index is -1.35. The SMILES string of the molecule is Cc1noc(C)c1CNc1nc(F)c(F)cc1F. The summed E-state index contributed by atoms with van der Waals surface area (Å²) in [5.41, 5.74) is 1.36. The first-order chi connectivity index (χ1) is 8.49. The van der Waals surface area contributed by atoms with Crippen LogP contribution in [0.5, 0.6) is 0 Å². The zero-order chi connectivity index (χ0) is 13.3. The van der Waals surface area contributed by atoms with Crippen molar-refractivity contribution < 1.29 is 17.7 Å². The Morgan fingerprint density at radius 1 is 1.22 bits per heavy atom. The standard InChI is InChI=1S/C11H10F3N3O/c1-5-7(6(2)18-17-5)4-15-11-9(13)3-8(12)10(14)16-11/h3H,4H2,1-2H3,(H,15,16). The molecule has 0 saturated heterocycles. The fraction of sp³-hybridized carbons (Fsp3) is 0.273. The number of pyridine rings is 1. The number of rotatable bonds is 3. The van der Waals surface area contributed by atoms with Crippen LogP contribution in [0.4, 0.5) is 19.0 Å². The van der Waals surface area contributed by atoms with Crippen LogP contribution in [0.3, 0.4) is 0 Å². The lowest BCUT2D eigenvalue weighted by atomic mass is 10.2. The molecule has 18 heavy (non-hydrogen) atoms. The fourth-order valence-electron chi connectivity index (χ4n) is 1.49. The number of hydrogen-bond donors (Lipinski definition) is 1. The van der Waals surface area contributed by atoms with Gasteiger partial charge in [-0.15, -0.1) is 0 Å². The molecule has 1 N–H and O–H groups in total. The number of aryl methyl sites for hydroxylation is 2. The van der Waals surface area contributed by atoms with Gasteiger partial charge < -0.3 is 9.84 Å². The van der Waals surface area contributed by atoms with Crippen LogP contribution in [-0.4, -0.2) is 10.1 Å². The lowest BCUT2D eigenvalue weighted by molar-refractivity contribution is 0.392. The highest BCUT2D eigenvalue weighted by Gasteiger charge is 2.13. The van der Waals surface area contributed by atoms with Crippen molar-refractivity contribution >= 4 is 5.82 Å². The number of nitrogens with one attached hydrogen (secondary N) is 1. The van der Waals surface area contributed by atoms with Crippen LogP contribution in [0, 0.1) is 31.4 Å². The molecule has 0 aliphatic heterocycles. The summed E-state index contributed by atoms with van der Waals surface area (Å²) in [6, 6.07) is 0.442. The van der Waals surface area contributed by atoms with E-state index in [2.05, 4.69) is 15.5 Å². The molecule has 0 aromatic carbocycles. The maximum absolute atomic E-state index is 13.3. The van der Waals surface area contributed by atoms with Crippen molar-refractivity contribution in [1.29, 1.82) is 0 Å². The number of halogens is 3. The number of hydrogen-bond acceptors (Lipinski definition) is 4. The summed E-state index contributed by atoms with van der Waals surface area (Å²) in [5, 5.41) is 6.29. The predicted molar refractivity (Wildman–Crippen MR) is 57.4 cm³/mol. The topological polar surface area (TPSA) is 51.0 Å². The fourth-order valence-corrected chi connectivity index (χ4v) is 1.49. The highest BCUT2D eigenvalue weighted by molar-refractivity contribution is 5.38. The van der Waals surface area contributed by atoms with E-state index >= 15 is 0 Å². The molecule has 0 saturated carbocycles. The summed E-state index contributed by atoms with van der Waals surface area (Å²) >= 11 is 0. The maximum Gasteiger partial charge on any atom is 0.251 e. The van der Waals surface area contributed by atoms with Gasteiger partial charge in [0, 0.05) is 18.2 Å². The first-order valence-corrected chi connectivity index (χ1v) is 5.16. The van der Waals surface area contributed by atoms with Gasteiger partial charge in [0.2, 0.25) is 0 Å². The van der Waals surface area contributed by atoms with Crippen LogP contribution >= 0.6 is 0 Å². The Kier molecular flexibility index (Phi) is 3.22. The summed E-state index contributed by atoms with van der Waals surface area (Å²) in [6.45, 7) is 3.59. The highest BCUT2D eigenvalue weighted by Crippen LogP contribution is 2.17. The first kappa shape index (κ1) is 12.4. The second-order valence-electron chi connectivity index (χ2n) is 3.75. The first-order valence-electron chi connectivity index (χ1n) is 5.16. The monoisotopic (exact) mass is 257 g/mol. The van der Waals surface area contributed by atoms with E-state index in [0.717, 1.165) is 5.56 Å². The van der Waals surface area contributed by atoms with E-state index < -0.39 is 17.6 Å². The molecular weight excluding hydrogens is 247 g/mol. The van der Waals surface area contributed by atoms with Gasteiger partial charge in [-0.2, -0.15) is 9.37 Å². The smallest absolute Gasteiger partial charge is 0.251 e. The molecule has 0 amide bonds. The van der Waals surface area contributed by atoms with E-state index in [9.17, 15) is 13.2 Å². The molecule has 0 unspecified atom stereocenters. The average Bonchev–Trinajstić information content (AvgIpc) is 2.62. The Hall–Kier alpha value is -2.05. The lowest BCUT2D eigenvalue weighted by Gasteiger charge is -2.06. The van der Waals surface area contributed by atoms with Crippen molar-refractivity contribution in [2.24, 2.45) is 0 Å². The molecule has 2 aromatic heterocycles. The molecule has 0 aliphatic carbocycles. The summed E-state index contributed by atoms with van der Waals surface area (Å²) < 4.78 is 43.7. The normalized spacial score (nSPS) is 10.7. The second-order valence-corrected chi connectivity index (χ2v) is 3.75. The number of aromatic nitrogens is 2. The highest BCUT2D eigenvalue weighted by atomic mass is 19.2. The van der Waals surface area contributed by atoms with Crippen molar-refractivity contribution in [1.82, 2.24) is 10.1 Å². The van der Waals surface area contributed by atoms with Gasteiger partial charge in [-0.3, -0.25) is 0 Å². The summed E-state index contributed by atoms with van der Waals surface area (Å²) in [6.07, 6.45) is 0. The molecule has 0 radical (unpaired) electrons. The molecular formula is C11H10F3N3O. The van der Waals surface area contributed by atoms with Crippen LogP contribution in [0.2, 0.25) is 0 Å². The third-order valence-corrected chi connectivity index (χ3v) is 2.50. The Morgan fingerprint density at radius 2 is 1.94 bits per heavy atom. The van der Waals surface area contributed by atoms with E-state index in [1.54, 1.807) is 13.8 Å². The molecule has 7 heteroatoms. The third kappa shape index (κ3) is 2.29. The molecule has 96 valence electrons. The van der Waals surface area contributed by atoms with E-state index in [1.807, 2.05) is 0 Å². The zero-order valence-corrected chi connectivity index (χ0v) is 9.72. The summed E-state index contributed by atoms with van der Waals surface area (Å²) in [5.74, 6) is -3.41. The quantitative estimate of drug-likeness (QED) is 0.859. The van der Waals surface area contributed by atoms with E-state index in [1.165, 1.54) is 0 Å². The van der Waals surface area contributed by atoms with Gasteiger partial charge in [0.1, 0.15) is 5.76 Å². The molecule has 0 bridgehead atoms. The van der Waals surface area contributed by atoms with Gasteiger partial charge in [-0.1, -0.05) is 5.16 Å². The van der Waals surface area contributed by atoms with Gasteiger partial charge in [0.05, 0.1) is 5.69 Å². The van der Waals surface area contributed by atoms with E-state index in [-0.39, 0.29) is 12.4 Å². The maximum atomic E-state index is 13.3. The van der Waals surface area contributed by atoms with Gasteiger partial charge in [0.15, 0.2) is 17.5 Å². The van der Waals surface area contributed by atoms with E-state index in [4.69, 9.17) is 4.52 Å². The Bertz CT molecular complexity index is 564. The summed E-state index contributed by atoms with van der Waals surface area (Å²) in [4.78, 5) is 3.15. The van der Waals surface area contributed by atoms with Crippen molar-refractivity contribution in [2.45, 2.75) is 20.4 Å². The minimum absolute atomic E-state index is 0.163. The Balaban J connectivity index is 2.18. The third-order valence-electron chi connectivity index (χ3n) is 2.50. The Labute approximate surface area is 101 Å². The molecule has 0 fully saturated rings. The van der Waals surface area contributed by atoms with Crippen LogP contribution in [0.15, 0.2) is 10.6 Å². The Morgan fingerprint density at radius 3 is 2.56 bits per heavy atom. The van der Waals surface area contributed by atoms with Crippen LogP contribution < -0.4 is 5.32 Å². The average molecular weight is 257 g/mol. The lowest BCUT2D eigenvalue weighted by Crippen LogP contribution is -2.07. The van der Waals surface area contributed by atoms with Gasteiger partial charge in [-0.25, -0.2) is 8.78 Å². The van der Waals surface area contributed by atoms with Crippen molar-refractivity contribution in [2.75, 3.05) is 5.32 Å². The van der Waals surface area contributed by atoms with Gasteiger partial charge in [0.25, 0.3) is 5.95 Å². The van der Waals surface area contributed by atoms with Crippen molar-refractivity contribution in [3.05, 3.63) is 40.7 Å². The predicted octanol–water partition coefficient (Wildman–Crippen LogP) is 2.72. The van der Waals surface area contributed by atoms with Crippen LogP contribution in [0.25, 0.3) is 0 Å². The molecule has 2 rings (SSSR count). The molecule has 4 nitrogen and oxygen atoms in total. The van der Waals surface area contributed by atoms with Crippen LogP contribution in [-0.2, 0) is 6.54 Å². The minimum Gasteiger partial charge on any atom is -0.363 e. The largest absolute Gasteiger partial charge is 0.363 e. The van der Waals surface area contributed by atoms with E-state index in [0.29, 0.717) is 17.5 Å². The molecule has 0 spiro atoms. The molecule has 2 heterocycles. The number of anilines is 1. The van der Waals surface area contributed by atoms with Gasteiger partial charge >= 0.3 is 0 Å².